The van der Waals surface area contributed by atoms with E-state index in [2.05, 4.69) is 5.32 Å². The number of anilines is 1. The third-order valence-corrected chi connectivity index (χ3v) is 2.88. The topological polar surface area (TPSA) is 72.2 Å². The Labute approximate surface area is 115 Å². The molecule has 0 spiro atoms. The van der Waals surface area contributed by atoms with Crippen molar-refractivity contribution in [1.29, 1.82) is 0 Å². The fourth-order valence-electron chi connectivity index (χ4n) is 1.79. The summed E-state index contributed by atoms with van der Waals surface area (Å²) in [7, 11) is 0. The van der Waals surface area contributed by atoms with Gasteiger partial charge in [0.25, 0.3) is 5.91 Å². The van der Waals surface area contributed by atoms with Crippen molar-refractivity contribution in [3.8, 4) is 0 Å². The van der Waals surface area contributed by atoms with Crippen LogP contribution in [0.5, 0.6) is 0 Å². The molecule has 0 aromatic heterocycles. The first-order chi connectivity index (χ1) is 9.49. The Hall–Kier alpha value is -2.69. The highest BCUT2D eigenvalue weighted by Crippen LogP contribution is 2.18. The van der Waals surface area contributed by atoms with Crippen molar-refractivity contribution in [2.24, 2.45) is 5.73 Å². The van der Waals surface area contributed by atoms with Crippen molar-refractivity contribution in [2.75, 3.05) is 5.32 Å². The average Bonchev–Trinajstić information content (AvgIpc) is 2.41. The fraction of sp³-hybridized carbons (Fsp3) is 0.0667. The first kappa shape index (κ1) is 13.7. The molecule has 0 saturated carbocycles. The van der Waals surface area contributed by atoms with Crippen LogP contribution in [0.4, 0.5) is 10.1 Å². The summed E-state index contributed by atoms with van der Waals surface area (Å²) < 4.78 is 13.5. The molecular formula is C15H13FN2O2. The number of carbonyl (C=O) groups is 2. The average molecular weight is 272 g/mol. The minimum Gasteiger partial charge on any atom is -0.366 e. The maximum Gasteiger partial charge on any atom is 0.258 e. The van der Waals surface area contributed by atoms with E-state index in [0.29, 0.717) is 16.8 Å². The van der Waals surface area contributed by atoms with E-state index >= 15 is 0 Å². The van der Waals surface area contributed by atoms with Crippen molar-refractivity contribution in [3.63, 3.8) is 0 Å². The standard InChI is InChI=1S/C15H13FN2O2/c1-9-8-10(14(17)19)6-7-13(9)18-15(20)11-4-2-3-5-12(11)16/h2-8H,1H3,(H2,17,19)(H,18,20). The lowest BCUT2D eigenvalue weighted by atomic mass is 10.1. The zero-order valence-corrected chi connectivity index (χ0v) is 10.8. The molecule has 2 amide bonds. The smallest absolute Gasteiger partial charge is 0.258 e. The molecule has 5 heteroatoms. The molecule has 0 unspecified atom stereocenters. The van der Waals surface area contributed by atoms with E-state index in [1.165, 1.54) is 24.3 Å². The van der Waals surface area contributed by atoms with Gasteiger partial charge in [0.15, 0.2) is 0 Å². The molecule has 20 heavy (non-hydrogen) atoms. The van der Waals surface area contributed by atoms with E-state index in [0.717, 1.165) is 0 Å². The lowest BCUT2D eigenvalue weighted by molar-refractivity contribution is 0.0997. The first-order valence-corrected chi connectivity index (χ1v) is 5.95. The molecule has 2 rings (SSSR count). The highest BCUT2D eigenvalue weighted by atomic mass is 19.1. The summed E-state index contributed by atoms with van der Waals surface area (Å²) >= 11 is 0. The predicted octanol–water partition coefficient (Wildman–Crippen LogP) is 2.49. The van der Waals surface area contributed by atoms with Crippen LogP contribution in [0.3, 0.4) is 0 Å². The quantitative estimate of drug-likeness (QED) is 0.901. The van der Waals surface area contributed by atoms with Crippen molar-refractivity contribution >= 4 is 17.5 Å². The molecule has 0 aliphatic rings. The van der Waals surface area contributed by atoms with Gasteiger partial charge in [0.1, 0.15) is 5.82 Å². The Kier molecular flexibility index (Phi) is 3.79. The number of amides is 2. The zero-order chi connectivity index (χ0) is 14.7. The minimum atomic E-state index is -0.587. The molecular weight excluding hydrogens is 259 g/mol. The van der Waals surface area contributed by atoms with E-state index in [1.54, 1.807) is 25.1 Å². The number of nitrogens with two attached hydrogens (primary N) is 1. The molecule has 102 valence electrons. The number of hydrogen-bond acceptors (Lipinski definition) is 2. The zero-order valence-electron chi connectivity index (χ0n) is 10.8. The van der Waals surface area contributed by atoms with Gasteiger partial charge in [0.2, 0.25) is 5.91 Å². The number of primary amides is 1. The summed E-state index contributed by atoms with van der Waals surface area (Å²) in [6, 6.07) is 10.4. The summed E-state index contributed by atoms with van der Waals surface area (Å²) in [5.74, 6) is -1.67. The monoisotopic (exact) mass is 272 g/mol. The predicted molar refractivity (Wildman–Crippen MR) is 74.1 cm³/mol. The van der Waals surface area contributed by atoms with Crippen molar-refractivity contribution in [2.45, 2.75) is 6.92 Å². The number of aryl methyl sites for hydroxylation is 1. The SMILES string of the molecule is Cc1cc(C(N)=O)ccc1NC(=O)c1ccccc1F. The van der Waals surface area contributed by atoms with E-state index in [1.807, 2.05) is 0 Å². The van der Waals surface area contributed by atoms with Crippen LogP contribution in [0.15, 0.2) is 42.5 Å². The molecule has 0 fully saturated rings. The van der Waals surface area contributed by atoms with Gasteiger partial charge in [0, 0.05) is 11.3 Å². The van der Waals surface area contributed by atoms with Gasteiger partial charge in [-0.2, -0.15) is 0 Å². The van der Waals surface area contributed by atoms with Crippen LogP contribution < -0.4 is 11.1 Å². The van der Waals surface area contributed by atoms with Crippen LogP contribution >= 0.6 is 0 Å². The molecule has 0 heterocycles. The first-order valence-electron chi connectivity index (χ1n) is 5.95. The van der Waals surface area contributed by atoms with E-state index < -0.39 is 17.6 Å². The number of benzene rings is 2. The highest BCUT2D eigenvalue weighted by Gasteiger charge is 2.12. The summed E-state index contributed by atoms with van der Waals surface area (Å²) in [5, 5.41) is 2.60. The van der Waals surface area contributed by atoms with Gasteiger partial charge in [-0.05, 0) is 42.8 Å². The molecule has 4 nitrogen and oxygen atoms in total. The number of carbonyl (C=O) groups excluding carboxylic acids is 2. The second-order valence-corrected chi connectivity index (χ2v) is 4.33. The van der Waals surface area contributed by atoms with Gasteiger partial charge in [-0.1, -0.05) is 12.1 Å². The van der Waals surface area contributed by atoms with Gasteiger partial charge >= 0.3 is 0 Å². The molecule has 0 bridgehead atoms. The van der Waals surface area contributed by atoms with Crippen LogP contribution in [0, 0.1) is 12.7 Å². The Morgan fingerprint density at radius 3 is 2.45 bits per heavy atom. The summed E-state index contributed by atoms with van der Waals surface area (Å²) in [6.07, 6.45) is 0. The molecule has 0 radical (unpaired) electrons. The Morgan fingerprint density at radius 1 is 1.15 bits per heavy atom. The molecule has 0 saturated heterocycles. The number of hydrogen-bond donors (Lipinski definition) is 2. The number of rotatable bonds is 3. The maximum absolute atomic E-state index is 13.5. The summed E-state index contributed by atoms with van der Waals surface area (Å²) in [6.45, 7) is 1.73. The number of halogens is 1. The Balaban J connectivity index is 2.25. The lowest BCUT2D eigenvalue weighted by Crippen LogP contribution is -2.15. The normalized spacial score (nSPS) is 10.1. The Morgan fingerprint density at radius 2 is 1.85 bits per heavy atom. The summed E-state index contributed by atoms with van der Waals surface area (Å²) in [5.41, 5.74) is 6.66. The molecule has 0 aliphatic carbocycles. The van der Waals surface area contributed by atoms with Crippen molar-refractivity contribution in [1.82, 2.24) is 0 Å². The molecule has 2 aromatic rings. The van der Waals surface area contributed by atoms with Crippen LogP contribution in [0.25, 0.3) is 0 Å². The van der Waals surface area contributed by atoms with E-state index in [9.17, 15) is 14.0 Å². The largest absolute Gasteiger partial charge is 0.366 e. The second-order valence-electron chi connectivity index (χ2n) is 4.33. The van der Waals surface area contributed by atoms with Gasteiger partial charge in [-0.15, -0.1) is 0 Å². The number of nitrogens with one attached hydrogen (secondary N) is 1. The van der Waals surface area contributed by atoms with Crippen LogP contribution in [0.2, 0.25) is 0 Å². The Bertz CT molecular complexity index is 683. The second kappa shape index (κ2) is 5.52. The van der Waals surface area contributed by atoms with Crippen LogP contribution in [0.1, 0.15) is 26.3 Å². The van der Waals surface area contributed by atoms with Crippen molar-refractivity contribution < 1.29 is 14.0 Å². The van der Waals surface area contributed by atoms with E-state index in [4.69, 9.17) is 5.73 Å². The van der Waals surface area contributed by atoms with Gasteiger partial charge < -0.3 is 11.1 Å². The minimum absolute atomic E-state index is 0.0362. The highest BCUT2D eigenvalue weighted by molar-refractivity contribution is 6.05. The lowest BCUT2D eigenvalue weighted by Gasteiger charge is -2.09. The molecule has 2 aromatic carbocycles. The van der Waals surface area contributed by atoms with Gasteiger partial charge in [-0.3, -0.25) is 9.59 Å². The third-order valence-electron chi connectivity index (χ3n) is 2.88. The van der Waals surface area contributed by atoms with Gasteiger partial charge in [-0.25, -0.2) is 4.39 Å². The molecule has 0 atom stereocenters. The summed E-state index contributed by atoms with van der Waals surface area (Å²) in [4.78, 5) is 23.0. The molecule has 0 aliphatic heterocycles. The van der Waals surface area contributed by atoms with E-state index in [-0.39, 0.29) is 5.56 Å². The maximum atomic E-state index is 13.5. The van der Waals surface area contributed by atoms with Gasteiger partial charge in [0.05, 0.1) is 5.56 Å². The third kappa shape index (κ3) is 2.83. The molecule has 3 N–H and O–H groups in total. The fourth-order valence-corrected chi connectivity index (χ4v) is 1.79. The van der Waals surface area contributed by atoms with Crippen LogP contribution in [-0.2, 0) is 0 Å². The van der Waals surface area contributed by atoms with Crippen molar-refractivity contribution in [3.05, 3.63) is 65.0 Å². The van der Waals surface area contributed by atoms with Crippen LogP contribution in [-0.4, -0.2) is 11.8 Å².